The topological polar surface area (TPSA) is 70.2 Å². The van der Waals surface area contributed by atoms with Gasteiger partial charge in [-0.2, -0.15) is 0 Å². The molecule has 0 aromatic heterocycles. The van der Waals surface area contributed by atoms with E-state index in [1.54, 1.807) is 0 Å². The van der Waals surface area contributed by atoms with E-state index in [2.05, 4.69) is 16.0 Å². The molecule has 0 fully saturated rings. The Morgan fingerprint density at radius 3 is 2.95 bits per heavy atom. The number of amides is 2. The third-order valence-corrected chi connectivity index (χ3v) is 2.96. The first-order valence-corrected chi connectivity index (χ1v) is 6.46. The minimum atomic E-state index is -0.0246. The third kappa shape index (κ3) is 3.79. The minimum Gasteiger partial charge on any atom is -0.351 e. The summed E-state index contributed by atoms with van der Waals surface area (Å²) in [4.78, 5) is 22.8. The number of carbonyl (C=O) groups is 2. The van der Waals surface area contributed by atoms with Crippen molar-refractivity contribution in [1.82, 2.24) is 10.6 Å². The number of nitrogens with one attached hydrogen (secondary N) is 3. The van der Waals surface area contributed by atoms with Crippen LogP contribution in [0.5, 0.6) is 0 Å². The molecule has 102 valence electrons. The Balaban J connectivity index is 1.85. The van der Waals surface area contributed by atoms with E-state index < -0.39 is 0 Å². The monoisotopic (exact) mass is 261 g/mol. The summed E-state index contributed by atoms with van der Waals surface area (Å²) in [6, 6.07) is 6.06. The molecule has 0 aliphatic carbocycles. The van der Waals surface area contributed by atoms with Gasteiger partial charge in [-0.3, -0.25) is 9.59 Å². The molecule has 5 nitrogen and oxygen atoms in total. The van der Waals surface area contributed by atoms with Gasteiger partial charge in [-0.25, -0.2) is 0 Å². The Bertz CT molecular complexity index is 497. The van der Waals surface area contributed by atoms with Gasteiger partial charge in [0.05, 0.1) is 13.0 Å². The zero-order valence-electron chi connectivity index (χ0n) is 11.2. The SMILES string of the molecule is CC(C)NCC(=O)NCc1ccc2c(c1)CC(=O)N2. The summed E-state index contributed by atoms with van der Waals surface area (Å²) < 4.78 is 0. The third-order valence-electron chi connectivity index (χ3n) is 2.96. The van der Waals surface area contributed by atoms with Gasteiger partial charge in [-0.15, -0.1) is 0 Å². The molecule has 1 heterocycles. The molecule has 0 atom stereocenters. The van der Waals surface area contributed by atoms with Crippen LogP contribution >= 0.6 is 0 Å². The normalized spacial score (nSPS) is 13.3. The maximum atomic E-state index is 11.6. The van der Waals surface area contributed by atoms with E-state index in [0.717, 1.165) is 16.8 Å². The predicted molar refractivity (Wildman–Crippen MR) is 73.8 cm³/mol. The van der Waals surface area contributed by atoms with Crippen LogP contribution in [-0.4, -0.2) is 24.4 Å². The van der Waals surface area contributed by atoms with E-state index in [1.807, 2.05) is 32.0 Å². The summed E-state index contributed by atoms with van der Waals surface area (Å²) in [5.74, 6) is 0.000666. The molecule has 2 rings (SSSR count). The Morgan fingerprint density at radius 1 is 1.42 bits per heavy atom. The molecule has 1 aromatic carbocycles. The highest BCUT2D eigenvalue weighted by Crippen LogP contribution is 2.23. The lowest BCUT2D eigenvalue weighted by Crippen LogP contribution is -2.36. The lowest BCUT2D eigenvalue weighted by molar-refractivity contribution is -0.120. The fourth-order valence-electron chi connectivity index (χ4n) is 1.95. The first kappa shape index (κ1) is 13.5. The molecule has 3 N–H and O–H groups in total. The lowest BCUT2D eigenvalue weighted by Gasteiger charge is -2.09. The summed E-state index contributed by atoms with van der Waals surface area (Å²) in [5, 5.41) is 8.70. The van der Waals surface area contributed by atoms with Gasteiger partial charge in [0, 0.05) is 18.3 Å². The molecule has 5 heteroatoms. The number of benzene rings is 1. The quantitative estimate of drug-likeness (QED) is 0.734. The van der Waals surface area contributed by atoms with Gasteiger partial charge < -0.3 is 16.0 Å². The van der Waals surface area contributed by atoms with Crippen molar-refractivity contribution in [2.24, 2.45) is 0 Å². The minimum absolute atomic E-state index is 0.0246. The Hall–Kier alpha value is -1.88. The van der Waals surface area contributed by atoms with Crippen molar-refractivity contribution >= 4 is 17.5 Å². The molecule has 1 aliphatic rings. The van der Waals surface area contributed by atoms with E-state index in [9.17, 15) is 9.59 Å². The van der Waals surface area contributed by atoms with E-state index in [-0.39, 0.29) is 11.8 Å². The molecule has 0 bridgehead atoms. The van der Waals surface area contributed by atoms with Crippen molar-refractivity contribution in [3.8, 4) is 0 Å². The summed E-state index contributed by atoms with van der Waals surface area (Å²) in [5.41, 5.74) is 2.88. The second-order valence-electron chi connectivity index (χ2n) is 5.03. The van der Waals surface area contributed by atoms with Gasteiger partial charge in [0.1, 0.15) is 0 Å². The average Bonchev–Trinajstić information content (AvgIpc) is 2.73. The van der Waals surface area contributed by atoms with Gasteiger partial charge in [0.15, 0.2) is 0 Å². The molecule has 0 radical (unpaired) electrons. The van der Waals surface area contributed by atoms with E-state index >= 15 is 0 Å². The smallest absolute Gasteiger partial charge is 0.234 e. The zero-order valence-corrected chi connectivity index (χ0v) is 11.2. The van der Waals surface area contributed by atoms with Crippen molar-refractivity contribution in [2.45, 2.75) is 32.9 Å². The number of carbonyl (C=O) groups excluding carboxylic acids is 2. The summed E-state index contributed by atoms with van der Waals surface area (Å²) in [6.45, 7) is 4.80. The molecule has 1 aliphatic heterocycles. The Labute approximate surface area is 112 Å². The molecule has 1 aromatic rings. The highest BCUT2D eigenvalue weighted by Gasteiger charge is 2.17. The van der Waals surface area contributed by atoms with Crippen LogP contribution in [0.2, 0.25) is 0 Å². The molecule has 0 saturated carbocycles. The standard InChI is InChI=1S/C14H19N3O2/c1-9(2)15-8-14(19)16-7-10-3-4-12-11(5-10)6-13(18)17-12/h3-5,9,15H,6-8H2,1-2H3,(H,16,19)(H,17,18). The first-order chi connectivity index (χ1) is 9.04. The van der Waals surface area contributed by atoms with Gasteiger partial charge in [0.25, 0.3) is 0 Å². The molecular weight excluding hydrogens is 242 g/mol. The second-order valence-corrected chi connectivity index (χ2v) is 5.03. The average molecular weight is 261 g/mol. The van der Waals surface area contributed by atoms with E-state index in [4.69, 9.17) is 0 Å². The maximum Gasteiger partial charge on any atom is 0.234 e. The van der Waals surface area contributed by atoms with Crippen molar-refractivity contribution in [2.75, 3.05) is 11.9 Å². The highest BCUT2D eigenvalue weighted by atomic mass is 16.2. The van der Waals surface area contributed by atoms with Crippen molar-refractivity contribution in [3.05, 3.63) is 29.3 Å². The van der Waals surface area contributed by atoms with Gasteiger partial charge in [-0.05, 0) is 17.2 Å². The first-order valence-electron chi connectivity index (χ1n) is 6.46. The summed E-state index contributed by atoms with van der Waals surface area (Å²) >= 11 is 0. The lowest BCUT2D eigenvalue weighted by atomic mass is 10.1. The predicted octanol–water partition coefficient (Wildman–Crippen LogP) is 0.795. The van der Waals surface area contributed by atoms with Crippen LogP contribution in [0, 0.1) is 0 Å². The summed E-state index contributed by atoms with van der Waals surface area (Å²) in [7, 11) is 0. The number of hydrogen-bond donors (Lipinski definition) is 3. The van der Waals surface area contributed by atoms with E-state index in [0.29, 0.717) is 25.6 Å². The zero-order chi connectivity index (χ0) is 13.8. The molecule has 2 amide bonds. The fraction of sp³-hybridized carbons (Fsp3) is 0.429. The van der Waals surface area contributed by atoms with Crippen molar-refractivity contribution < 1.29 is 9.59 Å². The highest BCUT2D eigenvalue weighted by molar-refractivity contribution is 5.99. The van der Waals surface area contributed by atoms with Gasteiger partial charge >= 0.3 is 0 Å². The molecule has 0 unspecified atom stereocenters. The van der Waals surface area contributed by atoms with Gasteiger partial charge in [-0.1, -0.05) is 26.0 Å². The number of fused-ring (bicyclic) bond motifs is 1. The molecular formula is C14H19N3O2. The Kier molecular flexibility index (Phi) is 4.16. The van der Waals surface area contributed by atoms with Crippen molar-refractivity contribution in [3.63, 3.8) is 0 Å². The van der Waals surface area contributed by atoms with Crippen LogP contribution < -0.4 is 16.0 Å². The Morgan fingerprint density at radius 2 is 2.21 bits per heavy atom. The fourth-order valence-corrected chi connectivity index (χ4v) is 1.95. The van der Waals surface area contributed by atoms with Crippen LogP contribution in [0.1, 0.15) is 25.0 Å². The van der Waals surface area contributed by atoms with E-state index in [1.165, 1.54) is 0 Å². The second kappa shape index (κ2) is 5.84. The number of rotatable bonds is 5. The van der Waals surface area contributed by atoms with Crippen LogP contribution in [0.25, 0.3) is 0 Å². The molecule has 0 saturated heterocycles. The van der Waals surface area contributed by atoms with Crippen molar-refractivity contribution in [1.29, 1.82) is 0 Å². The molecule has 0 spiro atoms. The van der Waals surface area contributed by atoms with Gasteiger partial charge in [0.2, 0.25) is 11.8 Å². The summed E-state index contributed by atoms with van der Waals surface area (Å²) in [6.07, 6.45) is 0.423. The largest absolute Gasteiger partial charge is 0.351 e. The molecule has 19 heavy (non-hydrogen) atoms. The number of hydrogen-bond acceptors (Lipinski definition) is 3. The van der Waals surface area contributed by atoms with Crippen LogP contribution in [-0.2, 0) is 22.6 Å². The van der Waals surface area contributed by atoms with Crippen LogP contribution in [0.15, 0.2) is 18.2 Å². The number of anilines is 1. The maximum absolute atomic E-state index is 11.6. The van der Waals surface area contributed by atoms with Crippen LogP contribution in [0.4, 0.5) is 5.69 Å². The van der Waals surface area contributed by atoms with Crippen LogP contribution in [0.3, 0.4) is 0 Å².